The molecule has 1 amide bonds. The van der Waals surface area contributed by atoms with E-state index in [-0.39, 0.29) is 5.91 Å². The molecule has 6 nitrogen and oxygen atoms in total. The second-order valence-electron chi connectivity index (χ2n) is 8.36. The van der Waals surface area contributed by atoms with Gasteiger partial charge in [-0.3, -0.25) is 14.3 Å². The zero-order valence-electron chi connectivity index (χ0n) is 18.6. The Labute approximate surface area is 188 Å². The Morgan fingerprint density at radius 1 is 1.03 bits per heavy atom. The molecule has 0 spiro atoms. The lowest BCUT2D eigenvalue weighted by Gasteiger charge is -2.39. The highest BCUT2D eigenvalue weighted by Crippen LogP contribution is 2.30. The summed E-state index contributed by atoms with van der Waals surface area (Å²) in [6.07, 6.45) is 6.85. The van der Waals surface area contributed by atoms with Crippen molar-refractivity contribution in [2.75, 3.05) is 5.75 Å². The molecule has 0 aliphatic carbocycles. The summed E-state index contributed by atoms with van der Waals surface area (Å²) >= 11 is 1.46. The normalized spacial score (nSPS) is 18.9. The lowest BCUT2D eigenvalue weighted by Crippen LogP contribution is -2.48. The molecule has 1 saturated heterocycles. The Hall–Kier alpha value is -2.67. The van der Waals surface area contributed by atoms with Crippen LogP contribution in [0.5, 0.6) is 0 Å². The Balaban J connectivity index is 1.65. The minimum atomic E-state index is 0.171. The van der Waals surface area contributed by atoms with Gasteiger partial charge in [0.15, 0.2) is 11.0 Å². The summed E-state index contributed by atoms with van der Waals surface area (Å²) in [5.41, 5.74) is 4.38. The van der Waals surface area contributed by atoms with Crippen LogP contribution in [0.2, 0.25) is 0 Å². The molecule has 7 heteroatoms. The van der Waals surface area contributed by atoms with E-state index in [4.69, 9.17) is 0 Å². The van der Waals surface area contributed by atoms with Crippen molar-refractivity contribution in [2.24, 2.45) is 0 Å². The molecule has 3 heterocycles. The molecule has 2 atom stereocenters. The third-order valence-corrected chi connectivity index (χ3v) is 7.04. The van der Waals surface area contributed by atoms with Gasteiger partial charge < -0.3 is 4.90 Å². The van der Waals surface area contributed by atoms with Crippen LogP contribution in [0.25, 0.3) is 17.1 Å². The Morgan fingerprint density at radius 3 is 2.42 bits per heavy atom. The summed E-state index contributed by atoms with van der Waals surface area (Å²) < 4.78 is 2.04. The Kier molecular flexibility index (Phi) is 6.41. The van der Waals surface area contributed by atoms with Crippen molar-refractivity contribution in [2.45, 2.75) is 64.2 Å². The number of nitrogens with zero attached hydrogens (tertiary/aromatic N) is 5. The zero-order chi connectivity index (χ0) is 22.0. The standard InChI is InChI=1S/C24H29N5OS/c1-16-8-9-21(14-17(16)2)29-23(20-10-12-25-13-11-20)26-27-24(29)31-15-22(30)28-18(3)6-5-7-19(28)4/h8-14,18-19H,5-7,15H2,1-4H3. The first-order chi connectivity index (χ1) is 15.0. The van der Waals surface area contributed by atoms with Crippen molar-refractivity contribution < 1.29 is 4.79 Å². The number of pyridine rings is 1. The van der Waals surface area contributed by atoms with E-state index in [9.17, 15) is 4.79 Å². The molecule has 0 N–H and O–H groups in total. The van der Waals surface area contributed by atoms with Crippen LogP contribution in [0.15, 0.2) is 47.9 Å². The number of aryl methyl sites for hydroxylation is 2. The molecular weight excluding hydrogens is 406 g/mol. The fraction of sp³-hybridized carbons (Fsp3) is 0.417. The van der Waals surface area contributed by atoms with Crippen LogP contribution in [0.4, 0.5) is 0 Å². The van der Waals surface area contributed by atoms with Crippen LogP contribution < -0.4 is 0 Å². The van der Waals surface area contributed by atoms with Crippen LogP contribution in [0, 0.1) is 13.8 Å². The quantitative estimate of drug-likeness (QED) is 0.537. The van der Waals surface area contributed by atoms with Gasteiger partial charge in [0.1, 0.15) is 0 Å². The number of thioether (sulfide) groups is 1. The molecule has 0 saturated carbocycles. The number of amides is 1. The first-order valence-electron chi connectivity index (χ1n) is 10.8. The van der Waals surface area contributed by atoms with Crippen molar-refractivity contribution in [3.8, 4) is 17.1 Å². The van der Waals surface area contributed by atoms with E-state index < -0.39 is 0 Å². The van der Waals surface area contributed by atoms with Gasteiger partial charge in [0.25, 0.3) is 0 Å². The second-order valence-corrected chi connectivity index (χ2v) is 9.31. The van der Waals surface area contributed by atoms with Crippen molar-refractivity contribution in [1.29, 1.82) is 0 Å². The summed E-state index contributed by atoms with van der Waals surface area (Å²) in [7, 11) is 0. The Bertz CT molecular complexity index is 1060. The van der Waals surface area contributed by atoms with Gasteiger partial charge in [0.2, 0.25) is 5.91 Å². The van der Waals surface area contributed by atoms with E-state index in [0.29, 0.717) is 17.8 Å². The second kappa shape index (κ2) is 9.22. The topological polar surface area (TPSA) is 63.9 Å². The summed E-state index contributed by atoms with van der Waals surface area (Å²) in [6, 6.07) is 10.8. The van der Waals surface area contributed by atoms with E-state index in [1.807, 2.05) is 16.7 Å². The SMILES string of the molecule is Cc1ccc(-n2c(SCC(=O)N3C(C)CCCC3C)nnc2-c2ccncc2)cc1C. The van der Waals surface area contributed by atoms with Crippen molar-refractivity contribution in [3.63, 3.8) is 0 Å². The minimum absolute atomic E-state index is 0.171. The van der Waals surface area contributed by atoms with Crippen molar-refractivity contribution in [3.05, 3.63) is 53.9 Å². The van der Waals surface area contributed by atoms with Crippen molar-refractivity contribution in [1.82, 2.24) is 24.6 Å². The van der Waals surface area contributed by atoms with Crippen LogP contribution >= 0.6 is 11.8 Å². The molecule has 4 rings (SSSR count). The third-order valence-electron chi connectivity index (χ3n) is 6.13. The van der Waals surface area contributed by atoms with Gasteiger partial charge in [0, 0.05) is 30.0 Å². The molecule has 1 aliphatic heterocycles. The molecule has 1 aliphatic rings. The van der Waals surface area contributed by atoms with Gasteiger partial charge in [-0.25, -0.2) is 0 Å². The number of benzene rings is 1. The highest BCUT2D eigenvalue weighted by Gasteiger charge is 2.29. The molecule has 162 valence electrons. The summed E-state index contributed by atoms with van der Waals surface area (Å²) in [5.74, 6) is 1.28. The largest absolute Gasteiger partial charge is 0.337 e. The fourth-order valence-electron chi connectivity index (χ4n) is 4.26. The lowest BCUT2D eigenvalue weighted by molar-refractivity contribution is -0.134. The predicted molar refractivity (Wildman–Crippen MR) is 124 cm³/mol. The van der Waals surface area contributed by atoms with Crippen LogP contribution in [-0.2, 0) is 4.79 Å². The monoisotopic (exact) mass is 435 g/mol. The highest BCUT2D eigenvalue weighted by atomic mass is 32.2. The van der Waals surface area contributed by atoms with E-state index in [1.165, 1.54) is 29.3 Å². The maximum atomic E-state index is 13.1. The summed E-state index contributed by atoms with van der Waals surface area (Å²) in [4.78, 5) is 19.2. The van der Waals surface area contributed by atoms with Gasteiger partial charge in [-0.05, 0) is 82.3 Å². The molecule has 1 aromatic carbocycles. The molecular formula is C24H29N5OS. The third kappa shape index (κ3) is 4.51. The van der Waals surface area contributed by atoms with Crippen LogP contribution in [-0.4, -0.2) is 48.4 Å². The molecule has 2 unspecified atom stereocenters. The van der Waals surface area contributed by atoms with Gasteiger partial charge in [-0.2, -0.15) is 0 Å². The lowest BCUT2D eigenvalue weighted by atomic mass is 9.98. The fourth-order valence-corrected chi connectivity index (χ4v) is 5.08. The first-order valence-corrected chi connectivity index (χ1v) is 11.8. The maximum absolute atomic E-state index is 13.1. The number of likely N-dealkylation sites (tertiary alicyclic amines) is 1. The van der Waals surface area contributed by atoms with Gasteiger partial charge in [-0.15, -0.1) is 10.2 Å². The smallest absolute Gasteiger partial charge is 0.233 e. The first kappa shape index (κ1) is 21.6. The average molecular weight is 436 g/mol. The number of rotatable bonds is 5. The molecule has 1 fully saturated rings. The zero-order valence-corrected chi connectivity index (χ0v) is 19.4. The highest BCUT2D eigenvalue weighted by molar-refractivity contribution is 7.99. The summed E-state index contributed by atoms with van der Waals surface area (Å²) in [6.45, 7) is 8.50. The minimum Gasteiger partial charge on any atom is -0.337 e. The molecule has 2 aromatic heterocycles. The maximum Gasteiger partial charge on any atom is 0.233 e. The van der Waals surface area contributed by atoms with Gasteiger partial charge >= 0.3 is 0 Å². The molecule has 31 heavy (non-hydrogen) atoms. The van der Waals surface area contributed by atoms with E-state index in [2.05, 4.69) is 66.0 Å². The molecule has 3 aromatic rings. The average Bonchev–Trinajstić information content (AvgIpc) is 3.18. The van der Waals surface area contributed by atoms with Crippen LogP contribution in [0.3, 0.4) is 0 Å². The van der Waals surface area contributed by atoms with Crippen molar-refractivity contribution >= 4 is 17.7 Å². The van der Waals surface area contributed by atoms with E-state index in [0.717, 1.165) is 35.1 Å². The van der Waals surface area contributed by atoms with Gasteiger partial charge in [0.05, 0.1) is 11.4 Å². The van der Waals surface area contributed by atoms with E-state index in [1.54, 1.807) is 12.4 Å². The molecule has 0 radical (unpaired) electrons. The number of hydrogen-bond donors (Lipinski definition) is 0. The number of carbonyl (C=O) groups is 1. The number of aromatic nitrogens is 4. The van der Waals surface area contributed by atoms with Gasteiger partial charge in [-0.1, -0.05) is 17.8 Å². The van der Waals surface area contributed by atoms with E-state index >= 15 is 0 Å². The predicted octanol–water partition coefficient (Wildman–Crippen LogP) is 4.83. The number of hydrogen-bond acceptors (Lipinski definition) is 5. The Morgan fingerprint density at radius 2 is 1.74 bits per heavy atom. The summed E-state index contributed by atoms with van der Waals surface area (Å²) in [5, 5.41) is 9.66. The molecule has 0 bridgehead atoms. The van der Waals surface area contributed by atoms with Crippen LogP contribution in [0.1, 0.15) is 44.2 Å². The number of carbonyl (C=O) groups excluding carboxylic acids is 1. The number of piperidine rings is 1.